The fourth-order valence-electron chi connectivity index (χ4n) is 4.80. The average Bonchev–Trinajstić information content (AvgIpc) is 3.35. The molecule has 0 bridgehead atoms. The molecule has 1 aliphatic carbocycles. The third kappa shape index (κ3) is 6.64. The summed E-state index contributed by atoms with van der Waals surface area (Å²) in [6.07, 6.45) is 5.72. The Kier molecular flexibility index (Phi) is 8.09. The highest BCUT2D eigenvalue weighted by Gasteiger charge is 2.21. The van der Waals surface area contributed by atoms with Gasteiger partial charge in [0.25, 0.3) is 10.0 Å². The fraction of sp³-hybridized carbons (Fsp3) is 0.370. The maximum Gasteiger partial charge on any atom is 0.335 e. The van der Waals surface area contributed by atoms with Gasteiger partial charge in [0.05, 0.1) is 16.2 Å². The lowest BCUT2D eigenvalue weighted by Crippen LogP contribution is -2.30. The Morgan fingerprint density at radius 2 is 1.78 bits per heavy atom. The molecule has 0 unspecified atom stereocenters. The number of sulfonamides is 1. The molecule has 37 heavy (non-hydrogen) atoms. The quantitative estimate of drug-likeness (QED) is 0.350. The standard InChI is InChI=1S/C27H32N4O5S/c1-17-7-5-8-18(2)25(17)23-15-24(36-16-21(28)13-19-9-3-4-10-19)30-27(29-23)31-37(34,35)22-12-6-11-20(14-22)26(32)33/h5-8,11-12,14-15,19,21H,3-4,9-10,13,16,28H2,1-2H3,(H,32,33)(H,29,30,31)/t21-/m1/s1. The summed E-state index contributed by atoms with van der Waals surface area (Å²) in [5, 5.41) is 9.24. The molecule has 1 heterocycles. The Morgan fingerprint density at radius 1 is 1.11 bits per heavy atom. The van der Waals surface area contributed by atoms with Gasteiger partial charge in [-0.15, -0.1) is 0 Å². The normalized spacial score (nSPS) is 14.9. The van der Waals surface area contributed by atoms with E-state index in [0.29, 0.717) is 11.6 Å². The van der Waals surface area contributed by atoms with Crippen LogP contribution in [0.25, 0.3) is 11.3 Å². The number of anilines is 1. The highest BCUT2D eigenvalue weighted by Crippen LogP contribution is 2.30. The molecular weight excluding hydrogens is 492 g/mol. The fourth-order valence-corrected chi connectivity index (χ4v) is 5.79. The molecule has 1 aliphatic rings. The predicted octanol–water partition coefficient (Wildman–Crippen LogP) is 4.55. The largest absolute Gasteiger partial charge is 0.478 e. The maximum atomic E-state index is 13.1. The van der Waals surface area contributed by atoms with Gasteiger partial charge < -0.3 is 15.6 Å². The second-order valence-corrected chi connectivity index (χ2v) is 11.3. The van der Waals surface area contributed by atoms with E-state index in [1.165, 1.54) is 43.9 Å². The van der Waals surface area contributed by atoms with E-state index in [2.05, 4.69) is 14.7 Å². The molecule has 1 saturated carbocycles. The number of carboxylic acid groups (broad SMARTS) is 1. The van der Waals surface area contributed by atoms with Crippen LogP contribution in [0.2, 0.25) is 0 Å². The third-order valence-electron chi connectivity index (χ3n) is 6.61. The van der Waals surface area contributed by atoms with Crippen LogP contribution in [0.1, 0.15) is 53.6 Å². The molecule has 1 fully saturated rings. The molecule has 0 amide bonds. The molecule has 196 valence electrons. The van der Waals surface area contributed by atoms with Crippen molar-refractivity contribution in [2.75, 3.05) is 11.3 Å². The van der Waals surface area contributed by atoms with Crippen LogP contribution in [-0.4, -0.2) is 42.1 Å². The van der Waals surface area contributed by atoms with Crippen LogP contribution in [0.5, 0.6) is 5.88 Å². The SMILES string of the molecule is Cc1cccc(C)c1-c1cc(OC[C@H](N)CC2CCCC2)nc(NS(=O)(=O)c2cccc(C(=O)O)c2)n1. The Hall–Kier alpha value is -3.50. The van der Waals surface area contributed by atoms with Crippen molar-refractivity contribution in [3.8, 4) is 17.1 Å². The first-order chi connectivity index (χ1) is 17.6. The zero-order chi connectivity index (χ0) is 26.6. The summed E-state index contributed by atoms with van der Waals surface area (Å²) in [6, 6.07) is 12.4. The van der Waals surface area contributed by atoms with Gasteiger partial charge in [0, 0.05) is 17.7 Å². The second kappa shape index (κ2) is 11.3. The molecule has 1 atom stereocenters. The van der Waals surface area contributed by atoms with Crippen molar-refractivity contribution in [2.24, 2.45) is 11.7 Å². The number of nitrogens with two attached hydrogens (primary N) is 1. The molecule has 2 aromatic carbocycles. The van der Waals surface area contributed by atoms with Gasteiger partial charge in [-0.05, 0) is 55.5 Å². The van der Waals surface area contributed by atoms with Crippen LogP contribution in [0, 0.1) is 19.8 Å². The highest BCUT2D eigenvalue weighted by molar-refractivity contribution is 7.92. The maximum absolute atomic E-state index is 13.1. The Balaban J connectivity index is 1.64. The van der Waals surface area contributed by atoms with Crippen LogP contribution in [-0.2, 0) is 10.0 Å². The lowest BCUT2D eigenvalue weighted by Gasteiger charge is -2.18. The van der Waals surface area contributed by atoms with Crippen molar-refractivity contribution in [3.05, 3.63) is 65.2 Å². The van der Waals surface area contributed by atoms with Gasteiger partial charge in [-0.3, -0.25) is 0 Å². The molecule has 0 aliphatic heterocycles. The summed E-state index contributed by atoms with van der Waals surface area (Å²) < 4.78 is 34.5. The lowest BCUT2D eigenvalue weighted by atomic mass is 9.99. The number of nitrogens with one attached hydrogen (secondary N) is 1. The predicted molar refractivity (Wildman–Crippen MR) is 141 cm³/mol. The van der Waals surface area contributed by atoms with Crippen molar-refractivity contribution in [1.29, 1.82) is 0 Å². The topological polar surface area (TPSA) is 144 Å². The first-order valence-corrected chi connectivity index (χ1v) is 13.8. The zero-order valence-electron chi connectivity index (χ0n) is 21.0. The monoisotopic (exact) mass is 524 g/mol. The number of carbonyl (C=O) groups is 1. The molecule has 0 radical (unpaired) electrons. The number of aromatic nitrogens is 2. The van der Waals surface area contributed by atoms with E-state index in [-0.39, 0.29) is 34.9 Å². The number of hydrogen-bond donors (Lipinski definition) is 3. The van der Waals surface area contributed by atoms with Crippen LogP contribution >= 0.6 is 0 Å². The lowest BCUT2D eigenvalue weighted by molar-refractivity contribution is 0.0696. The zero-order valence-corrected chi connectivity index (χ0v) is 21.8. The molecular formula is C27H32N4O5S. The summed E-state index contributed by atoms with van der Waals surface area (Å²) in [5.41, 5.74) is 9.45. The number of benzene rings is 2. The van der Waals surface area contributed by atoms with Crippen LogP contribution in [0.15, 0.2) is 53.4 Å². The number of aryl methyl sites for hydroxylation is 2. The Labute approximate surface area is 217 Å². The van der Waals surface area contributed by atoms with Gasteiger partial charge in [0.15, 0.2) is 0 Å². The Morgan fingerprint density at radius 3 is 2.46 bits per heavy atom. The molecule has 0 saturated heterocycles. The van der Waals surface area contributed by atoms with Crippen molar-refractivity contribution in [2.45, 2.75) is 56.9 Å². The van der Waals surface area contributed by atoms with Gasteiger partial charge in [0.2, 0.25) is 11.8 Å². The number of aromatic carboxylic acids is 1. The van der Waals surface area contributed by atoms with Crippen molar-refractivity contribution in [1.82, 2.24) is 9.97 Å². The van der Waals surface area contributed by atoms with E-state index < -0.39 is 16.0 Å². The van der Waals surface area contributed by atoms with E-state index in [9.17, 15) is 18.3 Å². The summed E-state index contributed by atoms with van der Waals surface area (Å²) >= 11 is 0. The van der Waals surface area contributed by atoms with Gasteiger partial charge in [-0.25, -0.2) is 22.9 Å². The summed E-state index contributed by atoms with van der Waals surface area (Å²) in [5.74, 6) is -0.597. The third-order valence-corrected chi connectivity index (χ3v) is 7.94. The summed E-state index contributed by atoms with van der Waals surface area (Å²) in [6.45, 7) is 4.14. The molecule has 0 spiro atoms. The van der Waals surface area contributed by atoms with E-state index in [1.807, 2.05) is 32.0 Å². The average molecular weight is 525 g/mol. The van der Waals surface area contributed by atoms with Gasteiger partial charge in [0.1, 0.15) is 6.61 Å². The molecule has 1 aromatic heterocycles. The molecule has 9 nitrogen and oxygen atoms in total. The number of rotatable bonds is 10. The minimum atomic E-state index is -4.17. The Bertz CT molecular complexity index is 1370. The van der Waals surface area contributed by atoms with E-state index in [4.69, 9.17) is 10.5 Å². The van der Waals surface area contributed by atoms with Crippen molar-refractivity contribution >= 4 is 21.9 Å². The molecule has 4 N–H and O–H groups in total. The van der Waals surface area contributed by atoms with Crippen molar-refractivity contribution < 1.29 is 23.1 Å². The van der Waals surface area contributed by atoms with Gasteiger partial charge in [-0.1, -0.05) is 49.9 Å². The first kappa shape index (κ1) is 26.6. The van der Waals surface area contributed by atoms with Crippen LogP contribution in [0.3, 0.4) is 0 Å². The minimum Gasteiger partial charge on any atom is -0.478 e. The summed E-state index contributed by atoms with van der Waals surface area (Å²) in [4.78, 5) is 19.9. The second-order valence-electron chi connectivity index (χ2n) is 9.58. The highest BCUT2D eigenvalue weighted by atomic mass is 32.2. The molecule has 10 heteroatoms. The van der Waals surface area contributed by atoms with Crippen molar-refractivity contribution in [3.63, 3.8) is 0 Å². The number of carboxylic acids is 1. The van der Waals surface area contributed by atoms with Crippen LogP contribution < -0.4 is 15.2 Å². The van der Waals surface area contributed by atoms with Gasteiger partial charge in [-0.2, -0.15) is 4.98 Å². The molecule has 3 aromatic rings. The number of nitrogens with zero attached hydrogens (tertiary/aromatic N) is 2. The number of hydrogen-bond acceptors (Lipinski definition) is 7. The van der Waals surface area contributed by atoms with Gasteiger partial charge >= 0.3 is 5.97 Å². The smallest absolute Gasteiger partial charge is 0.335 e. The van der Waals surface area contributed by atoms with E-state index >= 15 is 0 Å². The minimum absolute atomic E-state index is 0.145. The first-order valence-electron chi connectivity index (χ1n) is 12.3. The molecule has 4 rings (SSSR count). The number of ether oxygens (including phenoxy) is 1. The summed E-state index contributed by atoms with van der Waals surface area (Å²) in [7, 11) is -4.17. The van der Waals surface area contributed by atoms with E-state index in [0.717, 1.165) is 29.2 Å². The van der Waals surface area contributed by atoms with E-state index in [1.54, 1.807) is 6.07 Å². The van der Waals surface area contributed by atoms with Crippen LogP contribution in [0.4, 0.5) is 5.95 Å².